The van der Waals surface area contributed by atoms with Crippen LogP contribution in [-0.4, -0.2) is 52.5 Å². The van der Waals surface area contributed by atoms with Crippen molar-refractivity contribution in [1.82, 2.24) is 19.3 Å². The number of rotatable bonds is 3. The summed E-state index contributed by atoms with van der Waals surface area (Å²) in [4.78, 5) is 22.1. The third-order valence-corrected chi connectivity index (χ3v) is 4.94. The van der Waals surface area contributed by atoms with E-state index in [0.717, 1.165) is 5.82 Å². The number of nitrogen functional groups attached to an aromatic ring is 1. The molecule has 0 bridgehead atoms. The molecule has 1 fully saturated rings. The minimum absolute atomic E-state index is 0.0454. The molecular formula is C22H19N5O3. The number of carbonyl (C=O) groups is 1. The molecule has 8 nitrogen and oxygen atoms in total. The van der Waals surface area contributed by atoms with Gasteiger partial charge in [0.1, 0.15) is 28.5 Å². The highest BCUT2D eigenvalue weighted by Gasteiger charge is 2.34. The summed E-state index contributed by atoms with van der Waals surface area (Å²) in [6, 6.07) is 5.40. The largest absolute Gasteiger partial charge is 0.497 e. The molecule has 150 valence electrons. The molecule has 1 aromatic carbocycles. The summed E-state index contributed by atoms with van der Waals surface area (Å²) < 4.78 is 12.5. The predicted molar refractivity (Wildman–Crippen MR) is 111 cm³/mol. The van der Waals surface area contributed by atoms with Gasteiger partial charge in [-0.2, -0.15) is 0 Å². The number of ether oxygens (including phenoxy) is 2. The lowest BCUT2D eigenvalue weighted by atomic mass is 9.99. The summed E-state index contributed by atoms with van der Waals surface area (Å²) in [6.45, 7) is 1.01. The van der Waals surface area contributed by atoms with Crippen molar-refractivity contribution in [2.24, 2.45) is 0 Å². The first kappa shape index (κ1) is 19.2. The maximum absolute atomic E-state index is 11.6. The van der Waals surface area contributed by atoms with Gasteiger partial charge in [0.2, 0.25) is 0 Å². The lowest BCUT2D eigenvalue weighted by molar-refractivity contribution is -0.129. The highest BCUT2D eigenvalue weighted by Crippen LogP contribution is 2.29. The highest BCUT2D eigenvalue weighted by molar-refractivity contribution is 5.93. The maximum atomic E-state index is 11.6. The van der Waals surface area contributed by atoms with Crippen molar-refractivity contribution < 1.29 is 14.3 Å². The number of hydrogen-bond acceptors (Lipinski definition) is 6. The van der Waals surface area contributed by atoms with Crippen LogP contribution in [0.25, 0.3) is 5.52 Å². The molecule has 1 aliphatic rings. The second-order valence-corrected chi connectivity index (χ2v) is 6.75. The van der Waals surface area contributed by atoms with E-state index in [0.29, 0.717) is 47.2 Å². The molecule has 0 aliphatic carbocycles. The van der Waals surface area contributed by atoms with Crippen LogP contribution in [0.4, 0.5) is 5.82 Å². The third kappa shape index (κ3) is 3.36. The summed E-state index contributed by atoms with van der Waals surface area (Å²) in [5.41, 5.74) is 7.98. The number of methoxy groups -OCH3 is 2. The standard InChI is InChI=1S/C22H19N5O3/c1-4-19(28)26-12-15(13-26)22-25-18(20-21(23)24-7-8-27(20)22)6-5-14-9-16(29-2)11-17(10-14)30-3/h1,7-11,15H,12-13H2,2-3H3,(H2,23,24). The quantitative estimate of drug-likeness (QED) is 0.665. The number of hydrogen-bond donors (Lipinski definition) is 1. The van der Waals surface area contributed by atoms with Crippen LogP contribution in [0, 0.1) is 24.2 Å². The fraction of sp³-hybridized carbons (Fsp3) is 0.227. The fourth-order valence-electron chi connectivity index (χ4n) is 3.37. The topological polar surface area (TPSA) is 95.0 Å². The Balaban J connectivity index is 1.73. The molecule has 1 aliphatic heterocycles. The van der Waals surface area contributed by atoms with Gasteiger partial charge in [-0.25, -0.2) is 9.97 Å². The van der Waals surface area contributed by atoms with E-state index in [2.05, 4.69) is 22.7 Å². The molecule has 0 atom stereocenters. The van der Waals surface area contributed by atoms with Gasteiger partial charge in [0.15, 0.2) is 5.82 Å². The van der Waals surface area contributed by atoms with Gasteiger partial charge in [0.05, 0.1) is 20.1 Å². The maximum Gasteiger partial charge on any atom is 0.298 e. The van der Waals surface area contributed by atoms with Gasteiger partial charge in [0.25, 0.3) is 5.91 Å². The van der Waals surface area contributed by atoms with Crippen LogP contribution in [0.5, 0.6) is 11.5 Å². The molecule has 0 radical (unpaired) electrons. The monoisotopic (exact) mass is 401 g/mol. The van der Waals surface area contributed by atoms with Crippen LogP contribution >= 0.6 is 0 Å². The van der Waals surface area contributed by atoms with Crippen molar-refractivity contribution >= 4 is 17.2 Å². The van der Waals surface area contributed by atoms with Gasteiger partial charge < -0.3 is 20.1 Å². The van der Waals surface area contributed by atoms with E-state index >= 15 is 0 Å². The lowest BCUT2D eigenvalue weighted by Crippen LogP contribution is -2.48. The Morgan fingerprint density at radius 3 is 2.53 bits per heavy atom. The van der Waals surface area contributed by atoms with E-state index in [-0.39, 0.29) is 11.8 Å². The average molecular weight is 401 g/mol. The van der Waals surface area contributed by atoms with E-state index in [9.17, 15) is 4.79 Å². The molecular weight excluding hydrogens is 382 g/mol. The van der Waals surface area contributed by atoms with E-state index in [4.69, 9.17) is 26.6 Å². The molecule has 3 heterocycles. The number of nitrogens with zero attached hydrogens (tertiary/aromatic N) is 4. The molecule has 1 saturated heterocycles. The Morgan fingerprint density at radius 1 is 1.20 bits per heavy atom. The molecule has 2 aromatic heterocycles. The normalized spacial score (nSPS) is 13.2. The van der Waals surface area contributed by atoms with Crippen molar-refractivity contribution in [1.29, 1.82) is 0 Å². The van der Waals surface area contributed by atoms with Crippen LogP contribution in [0.3, 0.4) is 0 Å². The Bertz CT molecular complexity index is 1220. The summed E-state index contributed by atoms with van der Waals surface area (Å²) in [6.07, 6.45) is 8.60. The van der Waals surface area contributed by atoms with Gasteiger partial charge in [-0.15, -0.1) is 6.42 Å². The van der Waals surface area contributed by atoms with Gasteiger partial charge in [-0.3, -0.25) is 9.20 Å². The zero-order valence-corrected chi connectivity index (χ0v) is 16.5. The van der Waals surface area contributed by atoms with Gasteiger partial charge in [-0.05, 0) is 24.0 Å². The zero-order chi connectivity index (χ0) is 21.3. The average Bonchev–Trinajstić information content (AvgIpc) is 3.10. The SMILES string of the molecule is C#CC(=O)N1CC(c2nc(C#Cc3cc(OC)cc(OC)c3)c3c(N)nccn23)C1. The van der Waals surface area contributed by atoms with Crippen LogP contribution < -0.4 is 15.2 Å². The number of terminal acetylenes is 1. The number of amides is 1. The Kier molecular flexibility index (Phi) is 4.91. The molecule has 0 spiro atoms. The second-order valence-electron chi connectivity index (χ2n) is 6.75. The van der Waals surface area contributed by atoms with Crippen LogP contribution in [-0.2, 0) is 4.79 Å². The van der Waals surface area contributed by atoms with Crippen LogP contribution in [0.2, 0.25) is 0 Å². The van der Waals surface area contributed by atoms with Gasteiger partial charge in [-0.1, -0.05) is 5.92 Å². The fourth-order valence-corrected chi connectivity index (χ4v) is 3.37. The van der Waals surface area contributed by atoms with Crippen molar-refractivity contribution in [2.75, 3.05) is 33.0 Å². The smallest absolute Gasteiger partial charge is 0.298 e. The molecule has 2 N–H and O–H groups in total. The van der Waals surface area contributed by atoms with E-state index in [1.807, 2.05) is 16.5 Å². The first-order chi connectivity index (χ1) is 14.5. The molecule has 0 saturated carbocycles. The van der Waals surface area contributed by atoms with Crippen molar-refractivity contribution in [3.63, 3.8) is 0 Å². The van der Waals surface area contributed by atoms with Gasteiger partial charge >= 0.3 is 0 Å². The molecule has 0 unspecified atom stereocenters. The minimum Gasteiger partial charge on any atom is -0.497 e. The number of aromatic nitrogens is 3. The number of anilines is 1. The van der Waals surface area contributed by atoms with Crippen molar-refractivity contribution in [3.8, 4) is 35.7 Å². The van der Waals surface area contributed by atoms with Crippen molar-refractivity contribution in [3.05, 3.63) is 47.7 Å². The lowest BCUT2D eigenvalue weighted by Gasteiger charge is -2.37. The number of imidazole rings is 1. The number of nitrogens with two attached hydrogens (primary N) is 1. The summed E-state index contributed by atoms with van der Waals surface area (Å²) in [5, 5.41) is 0. The molecule has 1 amide bonds. The van der Waals surface area contributed by atoms with Crippen molar-refractivity contribution in [2.45, 2.75) is 5.92 Å². The summed E-state index contributed by atoms with van der Waals surface area (Å²) in [5.74, 6) is 10.4. The summed E-state index contributed by atoms with van der Waals surface area (Å²) in [7, 11) is 3.17. The van der Waals surface area contributed by atoms with E-state index < -0.39 is 0 Å². The van der Waals surface area contributed by atoms with Gasteiger partial charge in [0, 0.05) is 37.1 Å². The summed E-state index contributed by atoms with van der Waals surface area (Å²) >= 11 is 0. The Morgan fingerprint density at radius 2 is 1.90 bits per heavy atom. The van der Waals surface area contributed by atoms with Crippen LogP contribution in [0.1, 0.15) is 23.0 Å². The molecule has 4 rings (SSSR count). The minimum atomic E-state index is -0.319. The first-order valence-electron chi connectivity index (χ1n) is 9.17. The van der Waals surface area contributed by atoms with E-state index in [1.165, 1.54) is 0 Å². The molecule has 3 aromatic rings. The third-order valence-electron chi connectivity index (χ3n) is 4.94. The number of carbonyl (C=O) groups excluding carboxylic acids is 1. The Hall–Kier alpha value is -4.17. The second kappa shape index (κ2) is 7.69. The zero-order valence-electron chi connectivity index (χ0n) is 16.5. The molecule has 8 heteroatoms. The Labute approximate surface area is 173 Å². The molecule has 30 heavy (non-hydrogen) atoms. The van der Waals surface area contributed by atoms with Crippen LogP contribution in [0.15, 0.2) is 30.6 Å². The first-order valence-corrected chi connectivity index (χ1v) is 9.17. The number of benzene rings is 1. The van der Waals surface area contributed by atoms with E-state index in [1.54, 1.807) is 37.6 Å². The number of fused-ring (bicyclic) bond motifs is 1. The highest BCUT2D eigenvalue weighted by atomic mass is 16.5. The number of likely N-dealkylation sites (tertiary alicyclic amines) is 1. The predicted octanol–water partition coefficient (Wildman–Crippen LogP) is 1.29.